The van der Waals surface area contributed by atoms with Crippen LogP contribution in [0.3, 0.4) is 0 Å². The molecule has 0 bridgehead atoms. The van der Waals surface area contributed by atoms with Crippen LogP contribution in [0.5, 0.6) is 0 Å². The Morgan fingerprint density at radius 3 is 2.46 bits per heavy atom. The van der Waals surface area contributed by atoms with E-state index in [-0.39, 0.29) is 18.7 Å². The largest absolute Gasteiger partial charge is 0.481 e. The second-order valence-electron chi connectivity index (χ2n) is 8.47. The molecule has 1 aliphatic rings. The van der Waals surface area contributed by atoms with Crippen molar-refractivity contribution in [2.24, 2.45) is 11.8 Å². The zero-order valence-corrected chi connectivity index (χ0v) is 16.2. The Bertz CT molecular complexity index is 639. The molecule has 2 rings (SSSR count). The molecule has 2 atom stereocenters. The lowest BCUT2D eigenvalue weighted by Gasteiger charge is -2.41. The van der Waals surface area contributed by atoms with Gasteiger partial charge in [-0.25, -0.2) is 4.79 Å². The second-order valence-corrected chi connectivity index (χ2v) is 8.47. The van der Waals surface area contributed by atoms with Gasteiger partial charge in [0, 0.05) is 6.42 Å². The number of rotatable bonds is 5. The second kappa shape index (κ2) is 7.63. The molecule has 1 heterocycles. The third kappa shape index (κ3) is 5.44. The number of carbonyl (C=O) groups excluding carboxylic acids is 1. The van der Waals surface area contributed by atoms with Crippen LogP contribution in [-0.4, -0.2) is 32.9 Å². The van der Waals surface area contributed by atoms with Crippen molar-refractivity contribution in [3.05, 3.63) is 11.7 Å². The van der Waals surface area contributed by atoms with Gasteiger partial charge in [0.05, 0.1) is 6.42 Å². The van der Waals surface area contributed by atoms with E-state index in [0.717, 1.165) is 6.42 Å². The van der Waals surface area contributed by atoms with E-state index < -0.39 is 23.2 Å². The standard InChI is InChI=1S/C18H29N3O5/c1-11-8-12(2)10-18(9-11,20-16(24)25-17(3,4)5)15-19-13(26-21-15)6-7-14(22)23/h11-12H,6-10H2,1-5H3,(H,20,24)(H,22,23). The lowest BCUT2D eigenvalue weighted by molar-refractivity contribution is -0.137. The molecule has 26 heavy (non-hydrogen) atoms. The third-order valence-corrected chi connectivity index (χ3v) is 4.39. The van der Waals surface area contributed by atoms with Crippen molar-refractivity contribution in [1.82, 2.24) is 15.5 Å². The van der Waals surface area contributed by atoms with E-state index >= 15 is 0 Å². The molecule has 0 aromatic carbocycles. The van der Waals surface area contributed by atoms with Crippen LogP contribution in [0.15, 0.2) is 4.52 Å². The first kappa shape index (κ1) is 20.2. The molecule has 8 heteroatoms. The van der Waals surface area contributed by atoms with Crippen molar-refractivity contribution in [3.8, 4) is 0 Å². The lowest BCUT2D eigenvalue weighted by atomic mass is 9.71. The number of nitrogens with zero attached hydrogens (tertiary/aromatic N) is 2. The summed E-state index contributed by atoms with van der Waals surface area (Å²) in [6.45, 7) is 9.69. The van der Waals surface area contributed by atoms with Crippen molar-refractivity contribution in [1.29, 1.82) is 0 Å². The SMILES string of the molecule is CC1CC(C)CC(NC(=O)OC(C)(C)C)(c2noc(CCC(=O)O)n2)C1. The summed E-state index contributed by atoms with van der Waals surface area (Å²) in [6, 6.07) is 0. The minimum Gasteiger partial charge on any atom is -0.481 e. The number of carboxylic acid groups (broad SMARTS) is 1. The molecule has 0 saturated heterocycles. The number of hydrogen-bond donors (Lipinski definition) is 2. The van der Waals surface area contributed by atoms with Crippen molar-refractivity contribution in [2.45, 2.75) is 77.9 Å². The maximum atomic E-state index is 12.4. The van der Waals surface area contributed by atoms with Crippen LogP contribution in [0.25, 0.3) is 0 Å². The summed E-state index contributed by atoms with van der Waals surface area (Å²) in [5, 5.41) is 15.9. The van der Waals surface area contributed by atoms with E-state index in [0.29, 0.717) is 30.5 Å². The summed E-state index contributed by atoms with van der Waals surface area (Å²) in [5.74, 6) is 0.469. The van der Waals surface area contributed by atoms with Gasteiger partial charge in [0.25, 0.3) is 0 Å². The van der Waals surface area contributed by atoms with E-state index in [1.165, 1.54) is 0 Å². The monoisotopic (exact) mass is 367 g/mol. The molecule has 1 aromatic rings. The first-order chi connectivity index (χ1) is 12.0. The number of alkyl carbamates (subject to hydrolysis) is 1. The number of carboxylic acids is 1. The van der Waals surface area contributed by atoms with Gasteiger partial charge in [-0.2, -0.15) is 4.98 Å². The zero-order valence-electron chi connectivity index (χ0n) is 16.2. The lowest BCUT2D eigenvalue weighted by Crippen LogP contribution is -2.52. The highest BCUT2D eigenvalue weighted by atomic mass is 16.6. The Morgan fingerprint density at radius 1 is 1.31 bits per heavy atom. The van der Waals surface area contributed by atoms with Crippen molar-refractivity contribution < 1.29 is 24.0 Å². The summed E-state index contributed by atoms with van der Waals surface area (Å²) in [5.41, 5.74) is -1.38. The molecule has 1 fully saturated rings. The Kier molecular flexibility index (Phi) is 5.93. The average Bonchev–Trinajstić information content (AvgIpc) is 2.91. The highest BCUT2D eigenvalue weighted by molar-refractivity contribution is 5.69. The van der Waals surface area contributed by atoms with Gasteiger partial charge in [-0.3, -0.25) is 4.79 Å². The van der Waals surface area contributed by atoms with Crippen molar-refractivity contribution in [2.75, 3.05) is 0 Å². The van der Waals surface area contributed by atoms with Crippen molar-refractivity contribution in [3.63, 3.8) is 0 Å². The van der Waals surface area contributed by atoms with E-state index in [1.807, 2.05) is 20.8 Å². The molecule has 8 nitrogen and oxygen atoms in total. The highest BCUT2D eigenvalue weighted by Gasteiger charge is 2.45. The number of aryl methyl sites for hydroxylation is 1. The van der Waals surface area contributed by atoms with Gasteiger partial charge in [-0.1, -0.05) is 19.0 Å². The molecule has 146 valence electrons. The van der Waals surface area contributed by atoms with Crippen LogP contribution in [-0.2, 0) is 21.5 Å². The molecule has 0 aliphatic heterocycles. The Morgan fingerprint density at radius 2 is 1.92 bits per heavy atom. The van der Waals surface area contributed by atoms with E-state index in [9.17, 15) is 9.59 Å². The predicted molar refractivity (Wildman–Crippen MR) is 93.5 cm³/mol. The fourth-order valence-electron chi connectivity index (χ4n) is 3.73. The normalized spacial score (nSPS) is 26.3. The van der Waals surface area contributed by atoms with Crippen LogP contribution in [0, 0.1) is 11.8 Å². The fraction of sp³-hybridized carbons (Fsp3) is 0.778. The van der Waals surface area contributed by atoms with Crippen LogP contribution < -0.4 is 5.32 Å². The number of carbonyl (C=O) groups is 2. The van der Waals surface area contributed by atoms with E-state index in [1.54, 1.807) is 0 Å². The summed E-state index contributed by atoms with van der Waals surface area (Å²) in [7, 11) is 0. The molecule has 1 amide bonds. The number of nitrogens with one attached hydrogen (secondary N) is 1. The smallest absolute Gasteiger partial charge is 0.408 e. The number of amides is 1. The molecular weight excluding hydrogens is 338 g/mol. The number of aliphatic carboxylic acids is 1. The van der Waals surface area contributed by atoms with Crippen LogP contribution in [0.2, 0.25) is 0 Å². The first-order valence-corrected chi connectivity index (χ1v) is 9.05. The maximum absolute atomic E-state index is 12.4. The maximum Gasteiger partial charge on any atom is 0.408 e. The Labute approximate surface area is 153 Å². The summed E-state index contributed by atoms with van der Waals surface area (Å²) >= 11 is 0. The molecule has 2 N–H and O–H groups in total. The quantitative estimate of drug-likeness (QED) is 0.820. The highest BCUT2D eigenvalue weighted by Crippen LogP contribution is 2.41. The van der Waals surface area contributed by atoms with Gasteiger partial charge < -0.3 is 19.7 Å². The molecule has 2 unspecified atom stereocenters. The fourth-order valence-corrected chi connectivity index (χ4v) is 3.73. The number of ether oxygens (including phenoxy) is 1. The first-order valence-electron chi connectivity index (χ1n) is 9.05. The van der Waals surface area contributed by atoms with Gasteiger partial charge in [0.15, 0.2) is 5.82 Å². The molecule has 0 radical (unpaired) electrons. The molecule has 1 aromatic heterocycles. The third-order valence-electron chi connectivity index (χ3n) is 4.39. The molecule has 1 aliphatic carbocycles. The minimum absolute atomic E-state index is 0.0824. The van der Waals surface area contributed by atoms with Gasteiger partial charge in [-0.15, -0.1) is 0 Å². The van der Waals surface area contributed by atoms with E-state index in [4.69, 9.17) is 14.4 Å². The van der Waals surface area contributed by atoms with E-state index in [2.05, 4.69) is 29.3 Å². The minimum atomic E-state index is -0.925. The van der Waals surface area contributed by atoms with Gasteiger partial charge >= 0.3 is 12.1 Å². The predicted octanol–water partition coefficient (Wildman–Crippen LogP) is 3.26. The Balaban J connectivity index is 2.26. The summed E-state index contributed by atoms with van der Waals surface area (Å²) in [6.07, 6.45) is 1.97. The number of hydrogen-bond acceptors (Lipinski definition) is 6. The van der Waals surface area contributed by atoms with Crippen LogP contribution in [0.1, 0.15) is 72.0 Å². The van der Waals surface area contributed by atoms with Gasteiger partial charge in [-0.05, 0) is 51.9 Å². The van der Waals surface area contributed by atoms with Gasteiger partial charge in [0.1, 0.15) is 11.1 Å². The molecule has 1 saturated carbocycles. The summed E-state index contributed by atoms with van der Waals surface area (Å²) < 4.78 is 10.7. The molecule has 0 spiro atoms. The van der Waals surface area contributed by atoms with Gasteiger partial charge in [0.2, 0.25) is 5.89 Å². The zero-order chi connectivity index (χ0) is 19.5. The molecular formula is C18H29N3O5. The average molecular weight is 367 g/mol. The number of aromatic nitrogens is 2. The van der Waals surface area contributed by atoms with Crippen molar-refractivity contribution >= 4 is 12.1 Å². The topological polar surface area (TPSA) is 115 Å². The Hall–Kier alpha value is -2.12. The van der Waals surface area contributed by atoms with Crippen LogP contribution in [0.4, 0.5) is 4.79 Å². The summed E-state index contributed by atoms with van der Waals surface area (Å²) in [4.78, 5) is 27.6. The van der Waals surface area contributed by atoms with Crippen LogP contribution >= 0.6 is 0 Å².